The Morgan fingerprint density at radius 1 is 1.42 bits per heavy atom. The number of halogens is 1. The average Bonchev–Trinajstić information content (AvgIpc) is 2.67. The molecule has 1 aliphatic heterocycles. The maximum atomic E-state index is 12.1. The zero-order valence-corrected chi connectivity index (χ0v) is 12.7. The molecule has 1 aromatic rings. The first-order valence-electron chi connectivity index (χ1n) is 5.65. The van der Waals surface area contributed by atoms with Gasteiger partial charge in [-0.25, -0.2) is 0 Å². The van der Waals surface area contributed by atoms with Crippen LogP contribution in [0.25, 0.3) is 0 Å². The number of alkyl halides is 1. The number of benzene rings is 1. The number of methoxy groups -OCH3 is 1. The van der Waals surface area contributed by atoms with Crippen LogP contribution in [-0.4, -0.2) is 40.4 Å². The molecule has 19 heavy (non-hydrogen) atoms. The topological polar surface area (TPSA) is 58.6 Å². The Morgan fingerprint density at radius 2 is 2.16 bits per heavy atom. The van der Waals surface area contributed by atoms with Crippen molar-refractivity contribution in [3.8, 4) is 5.75 Å². The highest BCUT2D eigenvalue weighted by molar-refractivity contribution is 9.09. The monoisotopic (exact) mass is 344 g/mol. The summed E-state index contributed by atoms with van der Waals surface area (Å²) >= 11 is 4.21. The number of carbonyl (C=O) groups excluding carboxylic acids is 2. The molecule has 2 amide bonds. The van der Waals surface area contributed by atoms with Crippen molar-refractivity contribution in [1.82, 2.24) is 4.90 Å². The van der Waals surface area contributed by atoms with Gasteiger partial charge in [-0.05, 0) is 23.9 Å². The van der Waals surface area contributed by atoms with E-state index in [1.165, 1.54) is 4.90 Å². The SMILES string of the molecule is COc1ccccc1N[C@@H]1SC(=O)N(CCBr)C1=O. The lowest BCUT2D eigenvalue weighted by atomic mass is 10.3. The van der Waals surface area contributed by atoms with E-state index in [1.54, 1.807) is 13.2 Å². The number of hydrogen-bond donors (Lipinski definition) is 1. The van der Waals surface area contributed by atoms with E-state index >= 15 is 0 Å². The van der Waals surface area contributed by atoms with Gasteiger partial charge in [-0.1, -0.05) is 28.1 Å². The highest BCUT2D eigenvalue weighted by Crippen LogP contribution is 2.31. The Balaban J connectivity index is 2.12. The van der Waals surface area contributed by atoms with E-state index in [2.05, 4.69) is 21.2 Å². The van der Waals surface area contributed by atoms with Gasteiger partial charge in [0.15, 0.2) is 5.37 Å². The smallest absolute Gasteiger partial charge is 0.290 e. The summed E-state index contributed by atoms with van der Waals surface area (Å²) in [4.78, 5) is 25.0. The van der Waals surface area contributed by atoms with E-state index in [1.807, 2.05) is 18.2 Å². The molecule has 0 aromatic heterocycles. The molecule has 0 aliphatic carbocycles. The van der Waals surface area contributed by atoms with Crippen LogP contribution in [0, 0.1) is 0 Å². The van der Waals surface area contributed by atoms with Gasteiger partial charge in [-0.2, -0.15) is 0 Å². The molecule has 1 N–H and O–H groups in total. The van der Waals surface area contributed by atoms with Gasteiger partial charge in [0.05, 0.1) is 12.8 Å². The highest BCUT2D eigenvalue weighted by Gasteiger charge is 2.39. The molecule has 0 unspecified atom stereocenters. The molecule has 7 heteroatoms. The summed E-state index contributed by atoms with van der Waals surface area (Å²) in [6.07, 6.45) is 0. The summed E-state index contributed by atoms with van der Waals surface area (Å²) in [6, 6.07) is 7.29. The second kappa shape index (κ2) is 6.29. The predicted octanol–water partition coefficient (Wildman–Crippen LogP) is 2.52. The first-order chi connectivity index (χ1) is 9.17. The van der Waals surface area contributed by atoms with Crippen LogP contribution in [0.3, 0.4) is 0 Å². The predicted molar refractivity (Wildman–Crippen MR) is 78.9 cm³/mol. The van der Waals surface area contributed by atoms with E-state index in [0.29, 0.717) is 23.3 Å². The fourth-order valence-electron chi connectivity index (χ4n) is 1.73. The van der Waals surface area contributed by atoms with Crippen molar-refractivity contribution < 1.29 is 14.3 Å². The number of nitrogens with zero attached hydrogens (tertiary/aromatic N) is 1. The first kappa shape index (κ1) is 14.2. The quantitative estimate of drug-likeness (QED) is 0.831. The van der Waals surface area contributed by atoms with Crippen molar-refractivity contribution in [3.05, 3.63) is 24.3 Å². The van der Waals surface area contributed by atoms with Gasteiger partial charge in [-0.3, -0.25) is 14.5 Å². The zero-order chi connectivity index (χ0) is 13.8. The maximum Gasteiger partial charge on any atom is 0.290 e. The number of hydrogen-bond acceptors (Lipinski definition) is 5. The fourth-order valence-corrected chi connectivity index (χ4v) is 3.01. The van der Waals surface area contributed by atoms with Crippen LogP contribution in [0.15, 0.2) is 24.3 Å². The van der Waals surface area contributed by atoms with Gasteiger partial charge in [0.25, 0.3) is 11.1 Å². The van der Waals surface area contributed by atoms with E-state index in [4.69, 9.17) is 4.74 Å². The van der Waals surface area contributed by atoms with E-state index < -0.39 is 5.37 Å². The largest absolute Gasteiger partial charge is 0.495 e. The Bertz CT molecular complexity index is 498. The third-order valence-electron chi connectivity index (χ3n) is 2.63. The Morgan fingerprint density at radius 3 is 2.84 bits per heavy atom. The molecule has 0 radical (unpaired) electrons. The molecule has 1 heterocycles. The number of ether oxygens (including phenoxy) is 1. The fraction of sp³-hybridized carbons (Fsp3) is 0.333. The number of nitrogens with one attached hydrogen (secondary N) is 1. The van der Waals surface area contributed by atoms with Crippen LogP contribution >= 0.6 is 27.7 Å². The van der Waals surface area contributed by atoms with Crippen molar-refractivity contribution in [3.63, 3.8) is 0 Å². The Kier molecular flexibility index (Phi) is 4.71. The van der Waals surface area contributed by atoms with Crippen molar-refractivity contribution >= 4 is 44.5 Å². The van der Waals surface area contributed by atoms with Crippen molar-refractivity contribution in [2.75, 3.05) is 24.3 Å². The summed E-state index contributed by atoms with van der Waals surface area (Å²) in [5.41, 5.74) is 0.698. The van der Waals surface area contributed by atoms with Crippen molar-refractivity contribution in [2.45, 2.75) is 5.37 Å². The van der Waals surface area contributed by atoms with Crippen LogP contribution in [-0.2, 0) is 4.79 Å². The summed E-state index contributed by atoms with van der Waals surface area (Å²) in [5.74, 6) is 0.419. The molecule has 2 rings (SSSR count). The average molecular weight is 345 g/mol. The molecule has 1 atom stereocenters. The van der Waals surface area contributed by atoms with Crippen molar-refractivity contribution in [1.29, 1.82) is 0 Å². The molecule has 1 fully saturated rings. The van der Waals surface area contributed by atoms with Gasteiger partial charge in [0.2, 0.25) is 0 Å². The molecule has 102 valence electrons. The number of anilines is 1. The second-order valence-electron chi connectivity index (χ2n) is 3.79. The number of imide groups is 1. The van der Waals surface area contributed by atoms with Crippen LogP contribution in [0.4, 0.5) is 10.5 Å². The first-order valence-corrected chi connectivity index (χ1v) is 7.65. The van der Waals surface area contributed by atoms with E-state index in [0.717, 1.165) is 11.8 Å². The minimum Gasteiger partial charge on any atom is -0.495 e. The van der Waals surface area contributed by atoms with Gasteiger partial charge in [0, 0.05) is 11.9 Å². The molecular formula is C12H13BrN2O3S. The van der Waals surface area contributed by atoms with Crippen LogP contribution in [0.2, 0.25) is 0 Å². The Hall–Kier alpha value is -1.21. The number of rotatable bonds is 5. The van der Waals surface area contributed by atoms with Gasteiger partial charge >= 0.3 is 0 Å². The summed E-state index contributed by atoms with van der Waals surface area (Å²) in [7, 11) is 1.56. The van der Waals surface area contributed by atoms with Crippen LogP contribution in [0.5, 0.6) is 5.75 Å². The molecule has 1 aliphatic rings. The number of para-hydroxylation sites is 2. The van der Waals surface area contributed by atoms with Crippen LogP contribution in [0.1, 0.15) is 0 Å². The summed E-state index contributed by atoms with van der Waals surface area (Å²) in [6.45, 7) is 0.384. The highest BCUT2D eigenvalue weighted by atomic mass is 79.9. The normalized spacial score (nSPS) is 18.8. The molecule has 1 saturated heterocycles. The van der Waals surface area contributed by atoms with E-state index in [-0.39, 0.29) is 11.1 Å². The van der Waals surface area contributed by atoms with Gasteiger partial charge in [-0.15, -0.1) is 0 Å². The minimum absolute atomic E-state index is 0.222. The lowest BCUT2D eigenvalue weighted by molar-refractivity contribution is -0.125. The summed E-state index contributed by atoms with van der Waals surface area (Å²) in [5, 5.41) is 2.80. The number of amides is 2. The minimum atomic E-state index is -0.595. The van der Waals surface area contributed by atoms with Crippen LogP contribution < -0.4 is 10.1 Å². The third kappa shape index (κ3) is 3.03. The second-order valence-corrected chi connectivity index (χ2v) is 5.64. The lowest BCUT2D eigenvalue weighted by Gasteiger charge is -2.15. The number of carbonyl (C=O) groups is 2. The molecular weight excluding hydrogens is 332 g/mol. The van der Waals surface area contributed by atoms with Gasteiger partial charge < -0.3 is 10.1 Å². The maximum absolute atomic E-state index is 12.1. The molecule has 0 bridgehead atoms. The van der Waals surface area contributed by atoms with E-state index in [9.17, 15) is 9.59 Å². The number of thioether (sulfide) groups is 1. The third-order valence-corrected chi connectivity index (χ3v) is 3.96. The standard InChI is InChI=1S/C12H13BrN2O3S/c1-18-9-5-3-2-4-8(9)14-10-11(16)15(7-6-13)12(17)19-10/h2-5,10,14H,6-7H2,1H3/t10-/m1/s1. The molecule has 5 nitrogen and oxygen atoms in total. The van der Waals surface area contributed by atoms with Gasteiger partial charge in [0.1, 0.15) is 5.75 Å². The zero-order valence-electron chi connectivity index (χ0n) is 10.3. The molecule has 0 spiro atoms. The Labute approximate surface area is 123 Å². The lowest BCUT2D eigenvalue weighted by Crippen LogP contribution is -2.35. The summed E-state index contributed by atoms with van der Waals surface area (Å²) < 4.78 is 5.20. The molecule has 1 aromatic carbocycles. The molecule has 0 saturated carbocycles. The van der Waals surface area contributed by atoms with Crippen molar-refractivity contribution in [2.24, 2.45) is 0 Å².